The molecule has 1 fully saturated rings. The first-order valence-corrected chi connectivity index (χ1v) is 3.85. The summed E-state index contributed by atoms with van der Waals surface area (Å²) in [5.41, 5.74) is 0.667. The Balaban J connectivity index is 2.29. The lowest BCUT2D eigenvalue weighted by Crippen LogP contribution is -2.05. The third-order valence-electron chi connectivity index (χ3n) is 3.72. The first kappa shape index (κ1) is 5.52. The van der Waals surface area contributed by atoms with Gasteiger partial charge in [-0.05, 0) is 23.2 Å². The smallest absolute Gasteiger partial charge is 0.0140 e. The summed E-state index contributed by atoms with van der Waals surface area (Å²) in [5, 5.41) is 0. The SMILES string of the molecule is CC1C=CC2C(C)C12C. The summed E-state index contributed by atoms with van der Waals surface area (Å²) < 4.78 is 0. The van der Waals surface area contributed by atoms with Gasteiger partial charge in [0.15, 0.2) is 0 Å². The fraction of sp³-hybridized carbons (Fsp3) is 0.778. The van der Waals surface area contributed by atoms with E-state index in [0.29, 0.717) is 5.41 Å². The Kier molecular flexibility index (Phi) is 0.769. The second-order valence-corrected chi connectivity index (χ2v) is 3.85. The van der Waals surface area contributed by atoms with Crippen molar-refractivity contribution in [1.29, 1.82) is 0 Å². The molecule has 0 nitrogen and oxygen atoms in total. The van der Waals surface area contributed by atoms with Gasteiger partial charge in [-0.2, -0.15) is 0 Å². The molecule has 2 aliphatic rings. The van der Waals surface area contributed by atoms with Gasteiger partial charge < -0.3 is 0 Å². The maximum atomic E-state index is 2.41. The van der Waals surface area contributed by atoms with Crippen molar-refractivity contribution in [3.05, 3.63) is 12.2 Å². The van der Waals surface area contributed by atoms with Crippen LogP contribution in [0.15, 0.2) is 12.2 Å². The van der Waals surface area contributed by atoms with Gasteiger partial charge in [0.05, 0.1) is 0 Å². The molecule has 2 aliphatic carbocycles. The summed E-state index contributed by atoms with van der Waals surface area (Å²) in [7, 11) is 0. The molecule has 2 rings (SSSR count). The average molecular weight is 122 g/mol. The summed E-state index contributed by atoms with van der Waals surface area (Å²) >= 11 is 0. The number of fused-ring (bicyclic) bond motifs is 1. The Morgan fingerprint density at radius 1 is 1.22 bits per heavy atom. The molecule has 0 heteroatoms. The lowest BCUT2D eigenvalue weighted by molar-refractivity contribution is 0.406. The van der Waals surface area contributed by atoms with Crippen LogP contribution in [-0.2, 0) is 0 Å². The minimum atomic E-state index is 0.667. The highest BCUT2D eigenvalue weighted by molar-refractivity contribution is 5.25. The van der Waals surface area contributed by atoms with E-state index in [-0.39, 0.29) is 0 Å². The quantitative estimate of drug-likeness (QED) is 0.433. The summed E-state index contributed by atoms with van der Waals surface area (Å²) in [6.45, 7) is 7.11. The van der Waals surface area contributed by atoms with E-state index in [1.807, 2.05) is 0 Å². The molecule has 0 amide bonds. The molecular formula is C9H14. The van der Waals surface area contributed by atoms with Crippen molar-refractivity contribution >= 4 is 0 Å². The first-order valence-electron chi connectivity index (χ1n) is 3.85. The molecule has 0 bridgehead atoms. The zero-order chi connectivity index (χ0) is 6.65. The van der Waals surface area contributed by atoms with E-state index >= 15 is 0 Å². The van der Waals surface area contributed by atoms with Gasteiger partial charge in [0.25, 0.3) is 0 Å². The topological polar surface area (TPSA) is 0 Å². The lowest BCUT2D eigenvalue weighted by Gasteiger charge is -2.12. The molecule has 0 aromatic heterocycles. The van der Waals surface area contributed by atoms with Crippen LogP contribution in [0.2, 0.25) is 0 Å². The molecular weight excluding hydrogens is 108 g/mol. The monoisotopic (exact) mass is 122 g/mol. The molecule has 9 heavy (non-hydrogen) atoms. The van der Waals surface area contributed by atoms with E-state index in [9.17, 15) is 0 Å². The van der Waals surface area contributed by atoms with Crippen LogP contribution in [0.25, 0.3) is 0 Å². The summed E-state index contributed by atoms with van der Waals surface area (Å²) in [4.78, 5) is 0. The van der Waals surface area contributed by atoms with Gasteiger partial charge >= 0.3 is 0 Å². The number of hydrogen-bond donors (Lipinski definition) is 0. The molecule has 50 valence electrons. The van der Waals surface area contributed by atoms with Crippen molar-refractivity contribution in [3.8, 4) is 0 Å². The standard InChI is InChI=1S/C9H14/c1-6-4-5-8-7(2)9(6,8)3/h4-8H,1-3H3. The Hall–Kier alpha value is -0.260. The molecule has 0 aromatic rings. The van der Waals surface area contributed by atoms with Crippen molar-refractivity contribution in [3.63, 3.8) is 0 Å². The van der Waals surface area contributed by atoms with Crippen LogP contribution in [0.4, 0.5) is 0 Å². The molecule has 0 aliphatic heterocycles. The van der Waals surface area contributed by atoms with Crippen LogP contribution in [0.3, 0.4) is 0 Å². The summed E-state index contributed by atoms with van der Waals surface area (Å²) in [5.74, 6) is 2.71. The van der Waals surface area contributed by atoms with Crippen LogP contribution in [0.1, 0.15) is 20.8 Å². The molecule has 0 saturated heterocycles. The molecule has 0 spiro atoms. The second kappa shape index (κ2) is 1.25. The van der Waals surface area contributed by atoms with Gasteiger partial charge in [-0.25, -0.2) is 0 Å². The Bertz CT molecular complexity index is 165. The highest BCUT2D eigenvalue weighted by Crippen LogP contribution is 2.67. The molecule has 4 unspecified atom stereocenters. The second-order valence-electron chi connectivity index (χ2n) is 3.85. The largest absolute Gasteiger partial charge is 0.0848 e. The molecule has 0 aromatic carbocycles. The first-order chi connectivity index (χ1) is 4.17. The van der Waals surface area contributed by atoms with Gasteiger partial charge in [0, 0.05) is 0 Å². The minimum Gasteiger partial charge on any atom is -0.0848 e. The molecule has 0 N–H and O–H groups in total. The van der Waals surface area contributed by atoms with E-state index in [0.717, 1.165) is 17.8 Å². The zero-order valence-electron chi connectivity index (χ0n) is 6.39. The Morgan fingerprint density at radius 3 is 2.11 bits per heavy atom. The third-order valence-corrected chi connectivity index (χ3v) is 3.72. The van der Waals surface area contributed by atoms with Crippen molar-refractivity contribution in [2.45, 2.75) is 20.8 Å². The Morgan fingerprint density at radius 2 is 1.89 bits per heavy atom. The number of hydrogen-bond acceptors (Lipinski definition) is 0. The fourth-order valence-electron chi connectivity index (χ4n) is 2.38. The maximum absolute atomic E-state index is 2.41. The normalized spacial score (nSPS) is 61.9. The van der Waals surface area contributed by atoms with Gasteiger partial charge in [0.2, 0.25) is 0 Å². The maximum Gasteiger partial charge on any atom is -0.0140 e. The predicted octanol–water partition coefficient (Wildman–Crippen LogP) is 2.46. The highest BCUT2D eigenvalue weighted by atomic mass is 14.6. The number of allylic oxidation sites excluding steroid dienone is 2. The number of rotatable bonds is 0. The molecule has 0 heterocycles. The van der Waals surface area contributed by atoms with Gasteiger partial charge in [0.1, 0.15) is 0 Å². The van der Waals surface area contributed by atoms with Crippen molar-refractivity contribution in [1.82, 2.24) is 0 Å². The minimum absolute atomic E-state index is 0.667. The van der Waals surface area contributed by atoms with E-state index in [1.54, 1.807) is 0 Å². The summed E-state index contributed by atoms with van der Waals surface area (Å²) in [6, 6.07) is 0. The van der Waals surface area contributed by atoms with Crippen molar-refractivity contribution < 1.29 is 0 Å². The van der Waals surface area contributed by atoms with Gasteiger partial charge in [-0.15, -0.1) is 0 Å². The van der Waals surface area contributed by atoms with Crippen LogP contribution in [-0.4, -0.2) is 0 Å². The summed E-state index contributed by atoms with van der Waals surface area (Å²) in [6.07, 6.45) is 4.76. The van der Waals surface area contributed by atoms with Crippen LogP contribution >= 0.6 is 0 Å². The molecule has 0 radical (unpaired) electrons. The average Bonchev–Trinajstić information content (AvgIpc) is 2.15. The van der Waals surface area contributed by atoms with Crippen LogP contribution in [0, 0.1) is 23.2 Å². The third kappa shape index (κ3) is 0.417. The van der Waals surface area contributed by atoms with Crippen LogP contribution < -0.4 is 0 Å². The lowest BCUT2D eigenvalue weighted by atomic mass is 9.93. The van der Waals surface area contributed by atoms with Gasteiger partial charge in [-0.1, -0.05) is 32.9 Å². The molecule has 1 saturated carbocycles. The fourth-order valence-corrected chi connectivity index (χ4v) is 2.38. The van der Waals surface area contributed by atoms with E-state index in [2.05, 4.69) is 32.9 Å². The van der Waals surface area contributed by atoms with E-state index in [1.165, 1.54) is 0 Å². The Labute approximate surface area is 57.0 Å². The van der Waals surface area contributed by atoms with Gasteiger partial charge in [-0.3, -0.25) is 0 Å². The van der Waals surface area contributed by atoms with Crippen molar-refractivity contribution in [2.24, 2.45) is 23.2 Å². The van der Waals surface area contributed by atoms with E-state index in [4.69, 9.17) is 0 Å². The molecule has 4 atom stereocenters. The van der Waals surface area contributed by atoms with Crippen LogP contribution in [0.5, 0.6) is 0 Å². The van der Waals surface area contributed by atoms with Crippen molar-refractivity contribution in [2.75, 3.05) is 0 Å². The van der Waals surface area contributed by atoms with E-state index < -0.39 is 0 Å². The predicted molar refractivity (Wildman–Crippen MR) is 39.1 cm³/mol. The highest BCUT2D eigenvalue weighted by Gasteiger charge is 2.61. The zero-order valence-corrected chi connectivity index (χ0v) is 6.39.